The molecule has 0 aliphatic carbocycles. The summed E-state index contributed by atoms with van der Waals surface area (Å²) in [5.74, 6) is -0.573. The van der Waals surface area contributed by atoms with Crippen molar-refractivity contribution in [1.29, 1.82) is 0 Å². The highest BCUT2D eigenvalue weighted by Gasteiger charge is 2.15. The lowest BCUT2D eigenvalue weighted by Crippen LogP contribution is -2.27. The van der Waals surface area contributed by atoms with E-state index in [2.05, 4.69) is 10.3 Å². The number of hydrogen-bond donors (Lipinski definition) is 1. The molecule has 0 saturated carbocycles. The zero-order valence-electron chi connectivity index (χ0n) is 12.0. The van der Waals surface area contributed by atoms with Crippen molar-refractivity contribution in [3.8, 4) is 0 Å². The van der Waals surface area contributed by atoms with Crippen molar-refractivity contribution in [3.63, 3.8) is 0 Å². The highest BCUT2D eigenvalue weighted by molar-refractivity contribution is 7.07. The standard InChI is InChI=1S/C15H16N2O3S/c1-9-6-11(4-5-12(9)15(19)20-3)10(2)17-14(18)13-7-21-8-16-13/h4-8,10H,1-3H3,(H,17,18). The smallest absolute Gasteiger partial charge is 0.338 e. The predicted octanol–water partition coefficient (Wildman–Crippen LogP) is 2.73. The maximum Gasteiger partial charge on any atom is 0.338 e. The minimum atomic E-state index is -0.363. The number of ether oxygens (including phenoxy) is 1. The predicted molar refractivity (Wildman–Crippen MR) is 80.5 cm³/mol. The Morgan fingerprint density at radius 2 is 2.14 bits per heavy atom. The molecule has 0 fully saturated rings. The lowest BCUT2D eigenvalue weighted by atomic mass is 10.0. The third kappa shape index (κ3) is 3.46. The van der Waals surface area contributed by atoms with Gasteiger partial charge in [0.25, 0.3) is 5.91 Å². The lowest BCUT2D eigenvalue weighted by Gasteiger charge is -2.15. The van der Waals surface area contributed by atoms with Gasteiger partial charge in [0.1, 0.15) is 5.69 Å². The second kappa shape index (κ2) is 6.49. The van der Waals surface area contributed by atoms with Gasteiger partial charge in [-0.3, -0.25) is 4.79 Å². The third-order valence-corrected chi connectivity index (χ3v) is 3.75. The number of aryl methyl sites for hydroxylation is 1. The molecule has 110 valence electrons. The molecule has 1 aromatic carbocycles. The SMILES string of the molecule is COC(=O)c1ccc(C(C)NC(=O)c2cscn2)cc1C. The van der Waals surface area contributed by atoms with E-state index in [9.17, 15) is 9.59 Å². The van der Waals surface area contributed by atoms with Crippen LogP contribution >= 0.6 is 11.3 Å². The molecule has 21 heavy (non-hydrogen) atoms. The first-order chi connectivity index (χ1) is 10.0. The number of amides is 1. The number of carbonyl (C=O) groups excluding carboxylic acids is 2. The first-order valence-corrected chi connectivity index (χ1v) is 7.35. The van der Waals surface area contributed by atoms with Gasteiger partial charge in [-0.1, -0.05) is 12.1 Å². The molecule has 1 unspecified atom stereocenters. The molecule has 0 bridgehead atoms. The van der Waals surface area contributed by atoms with Gasteiger partial charge >= 0.3 is 5.97 Å². The molecule has 1 N–H and O–H groups in total. The van der Waals surface area contributed by atoms with Crippen molar-refractivity contribution in [2.24, 2.45) is 0 Å². The van der Waals surface area contributed by atoms with E-state index in [1.165, 1.54) is 18.4 Å². The largest absolute Gasteiger partial charge is 0.465 e. The quantitative estimate of drug-likeness (QED) is 0.882. The summed E-state index contributed by atoms with van der Waals surface area (Å²) in [5.41, 5.74) is 4.29. The molecule has 0 saturated heterocycles. The molecule has 1 amide bonds. The number of nitrogens with one attached hydrogen (secondary N) is 1. The lowest BCUT2D eigenvalue weighted by molar-refractivity contribution is 0.0599. The number of carbonyl (C=O) groups is 2. The summed E-state index contributed by atoms with van der Waals surface area (Å²) in [5, 5.41) is 4.58. The molecule has 2 rings (SSSR count). The van der Waals surface area contributed by atoms with Crippen molar-refractivity contribution in [2.75, 3.05) is 7.11 Å². The van der Waals surface area contributed by atoms with E-state index in [1.807, 2.05) is 26.0 Å². The summed E-state index contributed by atoms with van der Waals surface area (Å²) >= 11 is 1.38. The van der Waals surface area contributed by atoms with Crippen LogP contribution in [-0.4, -0.2) is 24.0 Å². The number of nitrogens with zero attached hydrogens (tertiary/aromatic N) is 1. The minimum Gasteiger partial charge on any atom is -0.465 e. The highest BCUT2D eigenvalue weighted by Crippen LogP contribution is 2.18. The van der Waals surface area contributed by atoms with Gasteiger partial charge in [-0.05, 0) is 31.0 Å². The van der Waals surface area contributed by atoms with Gasteiger partial charge in [0, 0.05) is 5.38 Å². The fraction of sp³-hybridized carbons (Fsp3) is 0.267. The molecule has 0 aliphatic rings. The van der Waals surface area contributed by atoms with E-state index in [-0.39, 0.29) is 17.9 Å². The number of methoxy groups -OCH3 is 1. The molecule has 2 aromatic rings. The zero-order chi connectivity index (χ0) is 15.4. The van der Waals surface area contributed by atoms with Crippen molar-refractivity contribution >= 4 is 23.2 Å². The zero-order valence-corrected chi connectivity index (χ0v) is 12.9. The van der Waals surface area contributed by atoms with Crippen LogP contribution in [0.25, 0.3) is 0 Å². The van der Waals surface area contributed by atoms with Gasteiger partial charge in [-0.2, -0.15) is 0 Å². The molecule has 5 nitrogen and oxygen atoms in total. The van der Waals surface area contributed by atoms with Gasteiger partial charge in [-0.25, -0.2) is 9.78 Å². The molecule has 0 radical (unpaired) electrons. The van der Waals surface area contributed by atoms with Crippen LogP contribution in [0.15, 0.2) is 29.1 Å². The van der Waals surface area contributed by atoms with Gasteiger partial charge in [0.15, 0.2) is 0 Å². The van der Waals surface area contributed by atoms with Gasteiger partial charge < -0.3 is 10.1 Å². The first kappa shape index (κ1) is 15.2. The summed E-state index contributed by atoms with van der Waals surface area (Å²) in [7, 11) is 1.35. The molecule has 1 aromatic heterocycles. The van der Waals surface area contributed by atoms with Crippen molar-refractivity contribution < 1.29 is 14.3 Å². The Morgan fingerprint density at radius 3 is 2.71 bits per heavy atom. The van der Waals surface area contributed by atoms with Crippen LogP contribution in [0.2, 0.25) is 0 Å². The molecule has 6 heteroatoms. The number of esters is 1. The number of thiazole rings is 1. The number of benzene rings is 1. The van der Waals surface area contributed by atoms with Crippen LogP contribution in [0.3, 0.4) is 0 Å². The number of hydrogen-bond acceptors (Lipinski definition) is 5. The number of rotatable bonds is 4. The van der Waals surface area contributed by atoms with Gasteiger partial charge in [0.05, 0.1) is 24.2 Å². The van der Waals surface area contributed by atoms with E-state index in [0.717, 1.165) is 11.1 Å². The van der Waals surface area contributed by atoms with Crippen LogP contribution in [0.4, 0.5) is 0 Å². The van der Waals surface area contributed by atoms with Crippen LogP contribution in [0.5, 0.6) is 0 Å². The first-order valence-electron chi connectivity index (χ1n) is 6.41. The van der Waals surface area contributed by atoms with E-state index in [4.69, 9.17) is 4.74 Å². The molecular weight excluding hydrogens is 288 g/mol. The van der Waals surface area contributed by atoms with Gasteiger partial charge in [-0.15, -0.1) is 11.3 Å². The molecule has 0 spiro atoms. The monoisotopic (exact) mass is 304 g/mol. The average molecular weight is 304 g/mol. The van der Waals surface area contributed by atoms with Crippen LogP contribution in [0.1, 0.15) is 44.9 Å². The Morgan fingerprint density at radius 1 is 1.38 bits per heavy atom. The third-order valence-electron chi connectivity index (χ3n) is 3.17. The Labute approximate surface area is 127 Å². The second-order valence-corrected chi connectivity index (χ2v) is 5.35. The summed E-state index contributed by atoms with van der Waals surface area (Å²) in [6, 6.07) is 5.22. The second-order valence-electron chi connectivity index (χ2n) is 4.63. The van der Waals surface area contributed by atoms with Crippen LogP contribution in [0, 0.1) is 6.92 Å². The van der Waals surface area contributed by atoms with Crippen LogP contribution < -0.4 is 5.32 Å². The fourth-order valence-corrected chi connectivity index (χ4v) is 2.51. The highest BCUT2D eigenvalue weighted by atomic mass is 32.1. The Balaban J connectivity index is 2.13. The topological polar surface area (TPSA) is 68.3 Å². The van der Waals surface area contributed by atoms with Gasteiger partial charge in [0.2, 0.25) is 0 Å². The molecular formula is C15H16N2O3S. The van der Waals surface area contributed by atoms with E-state index >= 15 is 0 Å². The van der Waals surface area contributed by atoms with Crippen LogP contribution in [-0.2, 0) is 4.74 Å². The maximum absolute atomic E-state index is 12.0. The maximum atomic E-state index is 12.0. The fourth-order valence-electron chi connectivity index (χ4n) is 1.97. The molecule has 1 heterocycles. The normalized spacial score (nSPS) is 11.8. The summed E-state index contributed by atoms with van der Waals surface area (Å²) < 4.78 is 4.72. The minimum absolute atomic E-state index is 0.176. The van der Waals surface area contributed by atoms with E-state index in [1.54, 1.807) is 17.0 Å². The summed E-state index contributed by atoms with van der Waals surface area (Å²) in [6.07, 6.45) is 0. The van der Waals surface area contributed by atoms with Crippen molar-refractivity contribution in [1.82, 2.24) is 10.3 Å². The number of aromatic nitrogens is 1. The Hall–Kier alpha value is -2.21. The van der Waals surface area contributed by atoms with E-state index in [0.29, 0.717) is 11.3 Å². The average Bonchev–Trinajstić information content (AvgIpc) is 3.00. The molecule has 1 atom stereocenters. The van der Waals surface area contributed by atoms with Crippen molar-refractivity contribution in [3.05, 3.63) is 51.5 Å². The molecule has 0 aliphatic heterocycles. The Bertz CT molecular complexity index is 653. The summed E-state index contributed by atoms with van der Waals surface area (Å²) in [6.45, 7) is 3.72. The van der Waals surface area contributed by atoms with Crippen molar-refractivity contribution in [2.45, 2.75) is 19.9 Å². The summed E-state index contributed by atoms with van der Waals surface area (Å²) in [4.78, 5) is 27.5. The Kier molecular flexibility index (Phi) is 4.70. The van der Waals surface area contributed by atoms with E-state index < -0.39 is 0 Å².